The van der Waals surface area contributed by atoms with Crippen LogP contribution in [0.3, 0.4) is 0 Å². The van der Waals surface area contributed by atoms with Crippen LogP contribution < -0.4 is 5.32 Å². The van der Waals surface area contributed by atoms with Crippen molar-refractivity contribution in [1.82, 2.24) is 25.5 Å². The Morgan fingerprint density at radius 1 is 0.935 bits per heavy atom. The minimum atomic E-state index is -0.269. The van der Waals surface area contributed by atoms with Gasteiger partial charge in [-0.15, -0.1) is 5.10 Å². The zero-order chi connectivity index (χ0) is 20.8. The number of tetrazole rings is 1. The number of hydrogen-bond donors (Lipinski definition) is 1. The molecule has 3 aromatic rings. The summed E-state index contributed by atoms with van der Waals surface area (Å²) in [5.74, 6) is 3.59. The molecule has 1 heterocycles. The van der Waals surface area contributed by atoms with Gasteiger partial charge in [0.2, 0.25) is 0 Å². The van der Waals surface area contributed by atoms with Gasteiger partial charge in [0.1, 0.15) is 6.07 Å². The summed E-state index contributed by atoms with van der Waals surface area (Å²) >= 11 is 0. The number of hydrogen-bond acceptors (Lipinski definition) is 5. The summed E-state index contributed by atoms with van der Waals surface area (Å²) in [7, 11) is 0. The lowest BCUT2D eigenvalue weighted by Gasteiger charge is -2.60. The van der Waals surface area contributed by atoms with Crippen molar-refractivity contribution in [2.24, 2.45) is 23.7 Å². The molecule has 0 atom stereocenters. The standard InChI is InChI=1S/C25H26N6/c26-15-20-8-4-5-9-23(20)31-24(28-29-30-31)25(27-16-17-6-2-1-3-7-17)21-11-18-10-19(13-21)14-22(25)12-18/h1-9,18-19,21-22,27H,10-14,16H2. The van der Waals surface area contributed by atoms with Gasteiger partial charge in [0.05, 0.1) is 16.8 Å². The van der Waals surface area contributed by atoms with Crippen molar-refractivity contribution in [3.8, 4) is 11.8 Å². The van der Waals surface area contributed by atoms with Crippen LogP contribution in [0.4, 0.5) is 0 Å². The second-order valence-corrected chi connectivity index (χ2v) is 9.56. The van der Waals surface area contributed by atoms with Gasteiger partial charge in [0.15, 0.2) is 5.82 Å². The molecule has 4 saturated carbocycles. The van der Waals surface area contributed by atoms with Crippen molar-refractivity contribution in [2.75, 3.05) is 0 Å². The van der Waals surface area contributed by atoms with Crippen LogP contribution in [0.25, 0.3) is 5.69 Å². The Labute approximate surface area is 182 Å². The van der Waals surface area contributed by atoms with Crippen LogP contribution in [0.2, 0.25) is 0 Å². The Balaban J connectivity index is 1.47. The van der Waals surface area contributed by atoms with E-state index < -0.39 is 0 Å². The molecule has 1 N–H and O–H groups in total. The van der Waals surface area contributed by atoms with Crippen LogP contribution in [0.5, 0.6) is 0 Å². The first-order valence-corrected chi connectivity index (χ1v) is 11.3. The van der Waals surface area contributed by atoms with Gasteiger partial charge >= 0.3 is 0 Å². The van der Waals surface area contributed by atoms with Crippen molar-refractivity contribution in [3.05, 3.63) is 71.5 Å². The SMILES string of the molecule is N#Cc1ccccc1-n1nnnc1C1(NCc2ccccc2)C2CC3CC(C2)CC1C3. The van der Waals surface area contributed by atoms with E-state index in [4.69, 9.17) is 0 Å². The first kappa shape index (κ1) is 18.7. The summed E-state index contributed by atoms with van der Waals surface area (Å²) < 4.78 is 1.83. The molecule has 0 spiro atoms. The first-order valence-electron chi connectivity index (χ1n) is 11.3. The second kappa shape index (κ2) is 7.28. The summed E-state index contributed by atoms with van der Waals surface area (Å²) in [6, 6.07) is 20.5. The highest BCUT2D eigenvalue weighted by molar-refractivity contribution is 5.48. The Morgan fingerprint density at radius 2 is 1.61 bits per heavy atom. The average Bonchev–Trinajstić information content (AvgIpc) is 3.29. The predicted molar refractivity (Wildman–Crippen MR) is 116 cm³/mol. The van der Waals surface area contributed by atoms with Crippen LogP contribution in [-0.2, 0) is 12.1 Å². The van der Waals surface area contributed by atoms with Crippen LogP contribution in [0, 0.1) is 35.0 Å². The highest BCUT2D eigenvalue weighted by atomic mass is 15.6. The molecule has 0 saturated heterocycles. The maximum Gasteiger partial charge on any atom is 0.177 e. The lowest BCUT2D eigenvalue weighted by Crippen LogP contribution is -2.63. The van der Waals surface area contributed by atoms with E-state index in [2.05, 4.69) is 57.2 Å². The van der Waals surface area contributed by atoms with Crippen molar-refractivity contribution >= 4 is 0 Å². The van der Waals surface area contributed by atoms with Gasteiger partial charge in [0.25, 0.3) is 0 Å². The summed E-state index contributed by atoms with van der Waals surface area (Å²) in [6.07, 6.45) is 6.34. The van der Waals surface area contributed by atoms with Crippen LogP contribution >= 0.6 is 0 Å². The highest BCUT2D eigenvalue weighted by Gasteiger charge is 2.60. The van der Waals surface area contributed by atoms with Gasteiger partial charge in [0, 0.05) is 6.54 Å². The van der Waals surface area contributed by atoms with Crippen LogP contribution in [-0.4, -0.2) is 20.2 Å². The zero-order valence-electron chi connectivity index (χ0n) is 17.5. The van der Waals surface area contributed by atoms with E-state index in [1.807, 2.05) is 28.9 Å². The normalized spacial score (nSPS) is 30.9. The topological polar surface area (TPSA) is 79.4 Å². The Morgan fingerprint density at radius 3 is 2.32 bits per heavy atom. The Hall–Kier alpha value is -3.04. The third-order valence-electron chi connectivity index (χ3n) is 7.95. The number of aromatic nitrogens is 4. The summed E-state index contributed by atoms with van der Waals surface area (Å²) in [4.78, 5) is 0. The minimum absolute atomic E-state index is 0.269. The fraction of sp³-hybridized carbons (Fsp3) is 0.440. The van der Waals surface area contributed by atoms with E-state index in [0.717, 1.165) is 29.9 Å². The maximum absolute atomic E-state index is 9.69. The Kier molecular flexibility index (Phi) is 4.39. The largest absolute Gasteiger partial charge is 0.300 e. The molecule has 156 valence electrons. The lowest BCUT2D eigenvalue weighted by atomic mass is 9.48. The summed E-state index contributed by atoms with van der Waals surface area (Å²) in [5, 5.41) is 26.8. The summed E-state index contributed by atoms with van der Waals surface area (Å²) in [5.41, 5.74) is 2.36. The second-order valence-electron chi connectivity index (χ2n) is 9.56. The van der Waals surface area contributed by atoms with E-state index in [0.29, 0.717) is 17.4 Å². The predicted octanol–water partition coefficient (Wildman–Crippen LogP) is 3.98. The molecule has 0 unspecified atom stereocenters. The van der Waals surface area contributed by atoms with Gasteiger partial charge < -0.3 is 5.32 Å². The number of benzene rings is 2. The lowest BCUT2D eigenvalue weighted by molar-refractivity contribution is -0.0839. The summed E-state index contributed by atoms with van der Waals surface area (Å²) in [6.45, 7) is 0.788. The van der Waals surface area contributed by atoms with Crippen LogP contribution in [0.15, 0.2) is 54.6 Å². The Bertz CT molecular complexity index is 1100. The van der Waals surface area contributed by atoms with E-state index in [-0.39, 0.29) is 5.54 Å². The molecule has 2 aromatic carbocycles. The molecule has 0 amide bonds. The fourth-order valence-electron chi connectivity index (χ4n) is 6.86. The quantitative estimate of drug-likeness (QED) is 0.688. The molecule has 4 aliphatic rings. The van der Waals surface area contributed by atoms with E-state index in [1.165, 1.54) is 37.7 Å². The molecule has 0 aliphatic heterocycles. The molecular formula is C25H26N6. The molecule has 4 fully saturated rings. The molecule has 0 radical (unpaired) electrons. The van der Waals surface area contributed by atoms with Gasteiger partial charge in [-0.05, 0) is 83.9 Å². The molecule has 4 bridgehead atoms. The number of nitriles is 1. The van der Waals surface area contributed by atoms with Crippen molar-refractivity contribution in [1.29, 1.82) is 5.26 Å². The highest BCUT2D eigenvalue weighted by Crippen LogP contribution is 2.61. The van der Waals surface area contributed by atoms with Gasteiger partial charge in [-0.1, -0.05) is 42.5 Å². The zero-order valence-corrected chi connectivity index (χ0v) is 17.5. The monoisotopic (exact) mass is 410 g/mol. The molecule has 4 aliphatic carbocycles. The minimum Gasteiger partial charge on any atom is -0.300 e. The molecular weight excluding hydrogens is 384 g/mol. The molecule has 6 nitrogen and oxygen atoms in total. The number of para-hydroxylation sites is 1. The maximum atomic E-state index is 9.69. The first-order chi connectivity index (χ1) is 15.3. The molecule has 1 aromatic heterocycles. The van der Waals surface area contributed by atoms with E-state index in [9.17, 15) is 5.26 Å². The number of nitrogens with zero attached hydrogens (tertiary/aromatic N) is 5. The fourth-order valence-corrected chi connectivity index (χ4v) is 6.86. The van der Waals surface area contributed by atoms with Crippen LogP contribution in [0.1, 0.15) is 49.1 Å². The van der Waals surface area contributed by atoms with Gasteiger partial charge in [-0.2, -0.15) is 9.94 Å². The van der Waals surface area contributed by atoms with E-state index in [1.54, 1.807) is 0 Å². The molecule has 7 rings (SSSR count). The third-order valence-corrected chi connectivity index (χ3v) is 7.95. The van der Waals surface area contributed by atoms with Crippen molar-refractivity contribution in [3.63, 3.8) is 0 Å². The molecule has 6 heteroatoms. The smallest absolute Gasteiger partial charge is 0.177 e. The van der Waals surface area contributed by atoms with Gasteiger partial charge in [-0.3, -0.25) is 0 Å². The number of nitrogens with one attached hydrogen (secondary N) is 1. The van der Waals surface area contributed by atoms with Gasteiger partial charge in [-0.25, -0.2) is 0 Å². The van der Waals surface area contributed by atoms with Crippen molar-refractivity contribution in [2.45, 2.75) is 44.2 Å². The van der Waals surface area contributed by atoms with E-state index >= 15 is 0 Å². The number of rotatable bonds is 5. The van der Waals surface area contributed by atoms with Crippen molar-refractivity contribution < 1.29 is 0 Å². The average molecular weight is 411 g/mol. The molecule has 31 heavy (non-hydrogen) atoms. The third kappa shape index (κ3) is 2.91.